The number of nitrogens with zero attached hydrogens (tertiary/aromatic N) is 2. The highest BCUT2D eigenvalue weighted by Crippen LogP contribution is 2.29. The molecule has 1 unspecified atom stereocenters. The third-order valence-electron chi connectivity index (χ3n) is 7.58. The van der Waals surface area contributed by atoms with E-state index in [9.17, 15) is 4.79 Å². The van der Waals surface area contributed by atoms with Crippen molar-refractivity contribution in [3.8, 4) is 12.3 Å². The van der Waals surface area contributed by atoms with E-state index in [1.165, 1.54) is 18.3 Å². The van der Waals surface area contributed by atoms with Crippen LogP contribution in [0.15, 0.2) is 35.2 Å². The Balaban J connectivity index is 1.42. The Bertz CT molecular complexity index is 872. The van der Waals surface area contributed by atoms with E-state index in [4.69, 9.17) is 16.0 Å². The Morgan fingerprint density at radius 3 is 2.65 bits per heavy atom. The monoisotopic (exact) mass is 514 g/mol. The molecule has 37 heavy (non-hydrogen) atoms. The molecule has 4 atom stereocenters. The second kappa shape index (κ2) is 15.2. The van der Waals surface area contributed by atoms with Crippen molar-refractivity contribution in [2.75, 3.05) is 53.5 Å². The summed E-state index contributed by atoms with van der Waals surface area (Å²) in [5.41, 5.74) is 6.13. The number of carbonyl (C=O) groups excluding carboxylic acids is 1. The second-order valence-corrected chi connectivity index (χ2v) is 10.1. The van der Waals surface area contributed by atoms with Gasteiger partial charge < -0.3 is 20.3 Å². The molecule has 0 saturated carbocycles. The summed E-state index contributed by atoms with van der Waals surface area (Å²) in [5.74, 6) is 2.78. The topological polar surface area (TPSA) is 90.1 Å². The van der Waals surface area contributed by atoms with Crippen LogP contribution in [0.25, 0.3) is 0 Å². The van der Waals surface area contributed by atoms with Gasteiger partial charge in [0.15, 0.2) is 6.29 Å². The highest BCUT2D eigenvalue weighted by atomic mass is 16.6. The number of hydrogen-bond acceptors (Lipinski definition) is 8. The van der Waals surface area contributed by atoms with Crippen LogP contribution < -0.4 is 21.4 Å². The second-order valence-electron chi connectivity index (χ2n) is 10.1. The Labute approximate surface area is 223 Å². The smallest absolute Gasteiger partial charge is 0.247 e. The fourth-order valence-electron chi connectivity index (χ4n) is 5.22. The minimum absolute atomic E-state index is 0.0220. The standard InChI is InChI=1S/C28H46N6O3/c1-6-25(34-14-12-33(7-2)13-15-34)11-8-21(3)31-28-29-19-23(20-30-28)10-9-22-16-24(27(35)32-37-5)18-26(17-22)36-4/h1,8,17,19,24-26,28-31H,7,9-16,18,20H2,2-5H3,(H,32,35)/b21-8+/t24?,25-,26-,28-/m0/s1. The molecule has 1 fully saturated rings. The first-order chi connectivity index (χ1) is 17.9. The molecule has 0 bridgehead atoms. The molecule has 0 aromatic rings. The van der Waals surface area contributed by atoms with Gasteiger partial charge in [-0.25, -0.2) is 5.48 Å². The van der Waals surface area contributed by atoms with Crippen LogP contribution in [0.4, 0.5) is 0 Å². The molecule has 0 radical (unpaired) electrons. The Kier molecular flexibility index (Phi) is 12.0. The van der Waals surface area contributed by atoms with Crippen molar-refractivity contribution in [3.63, 3.8) is 0 Å². The first-order valence-corrected chi connectivity index (χ1v) is 13.5. The number of rotatable bonds is 12. The maximum Gasteiger partial charge on any atom is 0.247 e. The highest BCUT2D eigenvalue weighted by Gasteiger charge is 2.28. The van der Waals surface area contributed by atoms with Crippen LogP contribution in [-0.2, 0) is 14.4 Å². The van der Waals surface area contributed by atoms with E-state index in [2.05, 4.69) is 69.4 Å². The lowest BCUT2D eigenvalue weighted by molar-refractivity contribution is -0.136. The van der Waals surface area contributed by atoms with Crippen molar-refractivity contribution in [2.24, 2.45) is 5.92 Å². The zero-order chi connectivity index (χ0) is 26.6. The molecule has 3 rings (SSSR count). The van der Waals surface area contributed by atoms with Gasteiger partial charge in [-0.15, -0.1) is 6.42 Å². The number of hydroxylamine groups is 1. The lowest BCUT2D eigenvalue weighted by atomic mass is 9.84. The lowest BCUT2D eigenvalue weighted by Gasteiger charge is -2.36. The van der Waals surface area contributed by atoms with Gasteiger partial charge in [-0.3, -0.25) is 19.8 Å². The van der Waals surface area contributed by atoms with Crippen LogP contribution in [0.5, 0.6) is 0 Å². The fraction of sp³-hybridized carbons (Fsp3) is 0.679. The predicted octanol–water partition coefficient (Wildman–Crippen LogP) is 1.68. The molecule has 0 spiro atoms. The van der Waals surface area contributed by atoms with E-state index in [0.717, 1.165) is 70.6 Å². The molecule has 1 saturated heterocycles. The number of allylic oxidation sites excluding steroid dienone is 2. The van der Waals surface area contributed by atoms with Crippen molar-refractivity contribution in [3.05, 3.63) is 35.2 Å². The molecule has 0 aromatic heterocycles. The molecule has 3 aliphatic rings. The van der Waals surface area contributed by atoms with Crippen molar-refractivity contribution in [1.29, 1.82) is 0 Å². The molecule has 4 N–H and O–H groups in total. The molecular weight excluding hydrogens is 468 g/mol. The quantitative estimate of drug-likeness (QED) is 0.178. The van der Waals surface area contributed by atoms with Gasteiger partial charge in [-0.05, 0) is 57.3 Å². The third-order valence-corrected chi connectivity index (χ3v) is 7.58. The number of hydrogen-bond donors (Lipinski definition) is 4. The van der Waals surface area contributed by atoms with E-state index >= 15 is 0 Å². The minimum Gasteiger partial charge on any atom is -0.377 e. The molecule has 0 aromatic carbocycles. The number of nitrogens with one attached hydrogen (secondary N) is 4. The molecule has 1 aliphatic carbocycles. The molecule has 9 nitrogen and oxygen atoms in total. The summed E-state index contributed by atoms with van der Waals surface area (Å²) in [4.78, 5) is 22.0. The Morgan fingerprint density at radius 2 is 2.03 bits per heavy atom. The number of methoxy groups -OCH3 is 1. The SMILES string of the molecule is C#C[C@@H](C/C=C(\C)N[C@H]1NC=C(CCC2=C[C@H](OC)CC(C(=O)NOC)C2)CN1)N1CCN(CC)CC1. The fourth-order valence-corrected chi connectivity index (χ4v) is 5.22. The van der Waals surface area contributed by atoms with Crippen LogP contribution in [0.2, 0.25) is 0 Å². The van der Waals surface area contributed by atoms with Crippen molar-refractivity contribution >= 4 is 5.91 Å². The minimum atomic E-state index is -0.125. The Morgan fingerprint density at radius 1 is 1.27 bits per heavy atom. The maximum absolute atomic E-state index is 12.3. The molecular formula is C28H46N6O3. The van der Waals surface area contributed by atoms with Crippen LogP contribution in [0, 0.1) is 18.3 Å². The molecule has 2 heterocycles. The summed E-state index contributed by atoms with van der Waals surface area (Å²) in [6.07, 6.45) is 16.4. The number of amides is 1. The highest BCUT2D eigenvalue weighted by molar-refractivity contribution is 5.78. The first kappa shape index (κ1) is 29.2. The average molecular weight is 515 g/mol. The summed E-state index contributed by atoms with van der Waals surface area (Å²) in [7, 11) is 3.15. The van der Waals surface area contributed by atoms with Gasteiger partial charge in [0.25, 0.3) is 0 Å². The number of ether oxygens (including phenoxy) is 1. The normalized spacial score (nSPS) is 26.4. The van der Waals surface area contributed by atoms with Crippen LogP contribution >= 0.6 is 0 Å². The van der Waals surface area contributed by atoms with E-state index in [1.807, 2.05) is 0 Å². The van der Waals surface area contributed by atoms with E-state index < -0.39 is 0 Å². The molecule has 9 heteroatoms. The zero-order valence-corrected chi connectivity index (χ0v) is 23.0. The van der Waals surface area contributed by atoms with Crippen LogP contribution in [0.3, 0.4) is 0 Å². The third kappa shape index (κ3) is 9.16. The number of carbonyl (C=O) groups is 1. The van der Waals surface area contributed by atoms with Gasteiger partial charge in [0.05, 0.1) is 19.3 Å². The molecule has 206 valence electrons. The van der Waals surface area contributed by atoms with E-state index in [0.29, 0.717) is 6.42 Å². The maximum atomic E-state index is 12.3. The van der Waals surface area contributed by atoms with Gasteiger partial charge >= 0.3 is 0 Å². The van der Waals surface area contributed by atoms with Gasteiger partial charge in [0.1, 0.15) is 0 Å². The Hall–Kier alpha value is -2.35. The molecule has 1 amide bonds. The number of piperazine rings is 1. The molecule has 2 aliphatic heterocycles. The average Bonchev–Trinajstić information content (AvgIpc) is 2.93. The van der Waals surface area contributed by atoms with Crippen LogP contribution in [-0.4, -0.2) is 87.6 Å². The van der Waals surface area contributed by atoms with E-state index in [1.54, 1.807) is 7.11 Å². The van der Waals surface area contributed by atoms with Gasteiger partial charge in [-0.1, -0.05) is 30.6 Å². The predicted molar refractivity (Wildman–Crippen MR) is 147 cm³/mol. The van der Waals surface area contributed by atoms with Gasteiger partial charge in [0.2, 0.25) is 5.91 Å². The van der Waals surface area contributed by atoms with Gasteiger partial charge in [0, 0.05) is 51.4 Å². The zero-order valence-electron chi connectivity index (χ0n) is 23.0. The summed E-state index contributed by atoms with van der Waals surface area (Å²) in [5, 5.41) is 10.4. The van der Waals surface area contributed by atoms with Gasteiger partial charge in [-0.2, -0.15) is 0 Å². The van der Waals surface area contributed by atoms with Crippen molar-refractivity contribution in [2.45, 2.75) is 64.4 Å². The summed E-state index contributed by atoms with van der Waals surface area (Å²) < 4.78 is 5.54. The summed E-state index contributed by atoms with van der Waals surface area (Å²) >= 11 is 0. The lowest BCUT2D eigenvalue weighted by Crippen LogP contribution is -2.53. The van der Waals surface area contributed by atoms with E-state index in [-0.39, 0.29) is 30.3 Å². The largest absolute Gasteiger partial charge is 0.377 e. The summed E-state index contributed by atoms with van der Waals surface area (Å²) in [6, 6.07) is 0.140. The number of terminal acetylenes is 1. The van der Waals surface area contributed by atoms with Crippen LogP contribution in [0.1, 0.15) is 46.0 Å². The number of likely N-dealkylation sites (N-methyl/N-ethyl adjacent to an activating group) is 1. The van der Waals surface area contributed by atoms with Crippen molar-refractivity contribution < 1.29 is 14.4 Å². The first-order valence-electron chi connectivity index (χ1n) is 13.5. The van der Waals surface area contributed by atoms with Crippen molar-refractivity contribution in [1.82, 2.24) is 31.2 Å². The summed E-state index contributed by atoms with van der Waals surface area (Å²) in [6.45, 7) is 10.5.